The van der Waals surface area contributed by atoms with Crippen molar-refractivity contribution in [2.45, 2.75) is 65.5 Å². The summed E-state index contributed by atoms with van der Waals surface area (Å²) in [4.78, 5) is 38.1. The van der Waals surface area contributed by atoms with Crippen LogP contribution in [0.2, 0.25) is 0 Å². The number of ketones is 1. The molecule has 2 amide bonds. The van der Waals surface area contributed by atoms with Gasteiger partial charge < -0.3 is 15.0 Å². The Morgan fingerprint density at radius 1 is 1.22 bits per heavy atom. The van der Waals surface area contributed by atoms with E-state index >= 15 is 0 Å². The molecule has 1 aliphatic rings. The summed E-state index contributed by atoms with van der Waals surface area (Å²) in [6.07, 6.45) is 2.09. The van der Waals surface area contributed by atoms with Crippen LogP contribution in [-0.4, -0.2) is 48.4 Å². The third-order valence-corrected chi connectivity index (χ3v) is 4.15. The van der Waals surface area contributed by atoms with Crippen molar-refractivity contribution in [2.24, 2.45) is 11.8 Å². The van der Waals surface area contributed by atoms with E-state index < -0.39 is 12.1 Å². The number of rotatable bonds is 7. The highest BCUT2D eigenvalue weighted by Crippen LogP contribution is 2.23. The first-order valence-corrected chi connectivity index (χ1v) is 8.42. The summed E-state index contributed by atoms with van der Waals surface area (Å²) in [6.45, 7) is 8.45. The SMILES string of the molecule is COC(=O)N[C@H](C(=O)N1CCC[C@H]1CC(=O)CC(C)C)C(C)C. The van der Waals surface area contributed by atoms with Crippen molar-refractivity contribution in [1.82, 2.24) is 10.2 Å². The number of alkyl carbamates (subject to hydrolysis) is 1. The maximum atomic E-state index is 12.8. The molecule has 0 aromatic carbocycles. The smallest absolute Gasteiger partial charge is 0.407 e. The van der Waals surface area contributed by atoms with Gasteiger partial charge in [0.1, 0.15) is 11.8 Å². The molecule has 0 aliphatic carbocycles. The fraction of sp³-hybridized carbons (Fsp3) is 0.824. The molecule has 0 aromatic rings. The number of amides is 2. The van der Waals surface area contributed by atoms with Crippen molar-refractivity contribution in [3.63, 3.8) is 0 Å². The van der Waals surface area contributed by atoms with E-state index in [0.29, 0.717) is 25.3 Å². The Bertz CT molecular complexity index is 434. The minimum absolute atomic E-state index is 0.0468. The van der Waals surface area contributed by atoms with Crippen LogP contribution in [0.25, 0.3) is 0 Å². The van der Waals surface area contributed by atoms with Gasteiger partial charge in [-0.3, -0.25) is 9.59 Å². The zero-order valence-corrected chi connectivity index (χ0v) is 14.9. The van der Waals surface area contributed by atoms with Crippen LogP contribution < -0.4 is 5.32 Å². The Morgan fingerprint density at radius 3 is 2.39 bits per heavy atom. The van der Waals surface area contributed by atoms with Gasteiger partial charge in [0.15, 0.2) is 0 Å². The van der Waals surface area contributed by atoms with Crippen LogP contribution in [-0.2, 0) is 14.3 Å². The summed E-state index contributed by atoms with van der Waals surface area (Å²) < 4.78 is 4.60. The van der Waals surface area contributed by atoms with Crippen LogP contribution in [0.3, 0.4) is 0 Å². The fourth-order valence-electron chi connectivity index (χ4n) is 3.02. The number of Topliss-reactive ketones (excluding diaryl/α,β-unsaturated/α-hetero) is 1. The van der Waals surface area contributed by atoms with E-state index in [0.717, 1.165) is 12.8 Å². The molecular formula is C17H30N2O4. The Balaban J connectivity index is 2.74. The van der Waals surface area contributed by atoms with E-state index in [9.17, 15) is 14.4 Å². The molecule has 1 aliphatic heterocycles. The standard InChI is InChI=1S/C17H30N2O4/c1-11(2)9-14(20)10-13-7-6-8-19(13)16(21)15(12(3)4)18-17(22)23-5/h11-13,15H,6-10H2,1-5H3,(H,18,22)/t13-,15-/m0/s1. The first kappa shape index (κ1) is 19.5. The van der Waals surface area contributed by atoms with Gasteiger partial charge >= 0.3 is 6.09 Å². The molecule has 1 heterocycles. The minimum Gasteiger partial charge on any atom is -0.453 e. The van der Waals surface area contributed by atoms with Gasteiger partial charge in [0, 0.05) is 25.4 Å². The summed E-state index contributed by atoms with van der Waals surface area (Å²) in [5, 5.41) is 2.61. The van der Waals surface area contributed by atoms with Crippen LogP contribution in [0.4, 0.5) is 4.79 Å². The second-order valence-corrected chi connectivity index (χ2v) is 7.03. The summed E-state index contributed by atoms with van der Waals surface area (Å²) in [7, 11) is 1.28. The van der Waals surface area contributed by atoms with E-state index in [1.54, 1.807) is 4.90 Å². The molecule has 6 heteroatoms. The Hall–Kier alpha value is -1.59. The van der Waals surface area contributed by atoms with Crippen LogP contribution in [0.15, 0.2) is 0 Å². The van der Waals surface area contributed by atoms with Gasteiger partial charge in [0.05, 0.1) is 7.11 Å². The lowest BCUT2D eigenvalue weighted by molar-refractivity contribution is -0.136. The van der Waals surface area contributed by atoms with Crippen molar-refractivity contribution in [3.05, 3.63) is 0 Å². The molecule has 0 saturated carbocycles. The molecular weight excluding hydrogens is 296 g/mol. The van der Waals surface area contributed by atoms with Gasteiger partial charge in [-0.1, -0.05) is 27.7 Å². The van der Waals surface area contributed by atoms with Crippen LogP contribution in [0, 0.1) is 11.8 Å². The molecule has 0 radical (unpaired) electrons. The zero-order chi connectivity index (χ0) is 17.6. The number of likely N-dealkylation sites (tertiary alicyclic amines) is 1. The van der Waals surface area contributed by atoms with E-state index in [4.69, 9.17) is 0 Å². The fourth-order valence-corrected chi connectivity index (χ4v) is 3.02. The van der Waals surface area contributed by atoms with Gasteiger partial charge in [0.2, 0.25) is 5.91 Å². The van der Waals surface area contributed by atoms with Crippen molar-refractivity contribution in [3.8, 4) is 0 Å². The van der Waals surface area contributed by atoms with Crippen molar-refractivity contribution >= 4 is 17.8 Å². The van der Waals surface area contributed by atoms with Crippen molar-refractivity contribution in [1.29, 1.82) is 0 Å². The zero-order valence-electron chi connectivity index (χ0n) is 14.9. The summed E-state index contributed by atoms with van der Waals surface area (Å²) >= 11 is 0. The predicted molar refractivity (Wildman–Crippen MR) is 88.0 cm³/mol. The van der Waals surface area contributed by atoms with Crippen LogP contribution in [0.1, 0.15) is 53.4 Å². The van der Waals surface area contributed by atoms with Gasteiger partial charge in [0.25, 0.3) is 0 Å². The molecule has 0 unspecified atom stereocenters. The Morgan fingerprint density at radius 2 is 1.87 bits per heavy atom. The second-order valence-electron chi connectivity index (χ2n) is 7.03. The molecule has 132 valence electrons. The number of nitrogens with one attached hydrogen (secondary N) is 1. The maximum Gasteiger partial charge on any atom is 0.407 e. The number of ether oxygens (including phenoxy) is 1. The van der Waals surface area contributed by atoms with E-state index in [1.807, 2.05) is 27.7 Å². The molecule has 1 rings (SSSR count). The molecule has 1 fully saturated rings. The summed E-state index contributed by atoms with van der Waals surface area (Å²) in [5.74, 6) is 0.364. The molecule has 0 aromatic heterocycles. The molecule has 1 saturated heterocycles. The molecule has 6 nitrogen and oxygen atoms in total. The highest BCUT2D eigenvalue weighted by molar-refractivity contribution is 5.87. The van der Waals surface area contributed by atoms with Gasteiger partial charge in [-0.2, -0.15) is 0 Å². The van der Waals surface area contributed by atoms with Crippen molar-refractivity contribution < 1.29 is 19.1 Å². The lowest BCUT2D eigenvalue weighted by atomic mass is 9.99. The lowest BCUT2D eigenvalue weighted by Crippen LogP contribution is -2.52. The summed E-state index contributed by atoms with van der Waals surface area (Å²) in [6, 6.07) is -0.669. The topological polar surface area (TPSA) is 75.7 Å². The first-order chi connectivity index (χ1) is 10.8. The van der Waals surface area contributed by atoms with E-state index in [1.165, 1.54) is 7.11 Å². The van der Waals surface area contributed by atoms with Crippen LogP contribution in [0.5, 0.6) is 0 Å². The number of carbonyl (C=O) groups is 3. The van der Waals surface area contributed by atoms with E-state index in [-0.39, 0.29) is 23.7 Å². The minimum atomic E-state index is -0.622. The number of nitrogens with zero attached hydrogens (tertiary/aromatic N) is 1. The average Bonchev–Trinajstić information content (AvgIpc) is 2.90. The van der Waals surface area contributed by atoms with E-state index in [2.05, 4.69) is 10.1 Å². The first-order valence-electron chi connectivity index (χ1n) is 8.42. The number of methoxy groups -OCH3 is 1. The second kappa shape index (κ2) is 8.89. The molecule has 0 spiro atoms. The molecule has 23 heavy (non-hydrogen) atoms. The highest BCUT2D eigenvalue weighted by atomic mass is 16.5. The number of carbonyl (C=O) groups excluding carboxylic acids is 3. The van der Waals surface area contributed by atoms with Gasteiger partial charge in [-0.15, -0.1) is 0 Å². The average molecular weight is 326 g/mol. The highest BCUT2D eigenvalue weighted by Gasteiger charge is 2.36. The number of hydrogen-bond donors (Lipinski definition) is 1. The maximum absolute atomic E-state index is 12.8. The predicted octanol–water partition coefficient (Wildman–Crippen LogP) is 2.36. The quantitative estimate of drug-likeness (QED) is 0.779. The van der Waals surface area contributed by atoms with Gasteiger partial charge in [-0.05, 0) is 24.7 Å². The van der Waals surface area contributed by atoms with Crippen molar-refractivity contribution in [2.75, 3.05) is 13.7 Å². The Labute approximate surface area is 138 Å². The third kappa shape index (κ3) is 5.84. The Kier molecular flexibility index (Phi) is 7.52. The molecule has 0 bridgehead atoms. The number of hydrogen-bond acceptors (Lipinski definition) is 4. The summed E-state index contributed by atoms with van der Waals surface area (Å²) in [5.41, 5.74) is 0. The monoisotopic (exact) mass is 326 g/mol. The van der Waals surface area contributed by atoms with Crippen LogP contribution >= 0.6 is 0 Å². The molecule has 1 N–H and O–H groups in total. The molecule has 2 atom stereocenters. The largest absolute Gasteiger partial charge is 0.453 e. The normalized spacial score (nSPS) is 19.1. The third-order valence-electron chi connectivity index (χ3n) is 4.15. The van der Waals surface area contributed by atoms with Gasteiger partial charge in [-0.25, -0.2) is 4.79 Å². The lowest BCUT2D eigenvalue weighted by Gasteiger charge is -2.30.